The van der Waals surface area contributed by atoms with Crippen LogP contribution in [-0.4, -0.2) is 38.3 Å². The fraction of sp³-hybridized carbons (Fsp3) is 0.615. The van der Waals surface area contributed by atoms with Gasteiger partial charge in [0.15, 0.2) is 0 Å². The summed E-state index contributed by atoms with van der Waals surface area (Å²) in [4.78, 5) is 5.87. The van der Waals surface area contributed by atoms with E-state index in [9.17, 15) is 13.2 Å². The number of likely N-dealkylation sites (N-methyl/N-ethyl adjacent to an activating group) is 1. The maximum Gasteiger partial charge on any atom is 0.416 e. The van der Waals surface area contributed by atoms with Gasteiger partial charge in [-0.2, -0.15) is 13.2 Å². The maximum atomic E-state index is 12.9. The first-order chi connectivity index (χ1) is 9.40. The summed E-state index contributed by atoms with van der Waals surface area (Å²) in [6, 6.07) is 2.07. The minimum Gasteiger partial charge on any atom is -0.376 e. The normalized spacial score (nSPS) is 19.1. The van der Waals surface area contributed by atoms with Gasteiger partial charge in [0.1, 0.15) is 11.6 Å². The van der Waals surface area contributed by atoms with E-state index in [1.54, 1.807) is 19.0 Å². The monoisotopic (exact) mass is 289 g/mol. The van der Waals surface area contributed by atoms with Crippen molar-refractivity contribution >= 4 is 11.6 Å². The van der Waals surface area contributed by atoms with Crippen molar-refractivity contribution in [1.29, 1.82) is 0 Å². The molecular weight excluding hydrogens is 271 g/mol. The van der Waals surface area contributed by atoms with E-state index < -0.39 is 11.7 Å². The number of hydrogen-bond acceptors (Lipinski definition) is 4. The molecule has 112 valence electrons. The third-order valence-electron chi connectivity index (χ3n) is 3.29. The Labute approximate surface area is 115 Å². The summed E-state index contributed by atoms with van der Waals surface area (Å²) in [6.07, 6.45) is -2.39. The highest BCUT2D eigenvalue weighted by Crippen LogP contribution is 2.32. The van der Waals surface area contributed by atoms with Crippen LogP contribution in [0, 0.1) is 0 Å². The van der Waals surface area contributed by atoms with Gasteiger partial charge in [0.05, 0.1) is 11.7 Å². The molecule has 2 heterocycles. The summed E-state index contributed by atoms with van der Waals surface area (Å²) >= 11 is 0. The smallest absolute Gasteiger partial charge is 0.376 e. The lowest BCUT2D eigenvalue weighted by atomic mass is 10.2. The Kier molecular flexibility index (Phi) is 4.37. The lowest BCUT2D eigenvalue weighted by Gasteiger charge is -2.23. The maximum absolute atomic E-state index is 12.9. The van der Waals surface area contributed by atoms with E-state index in [-0.39, 0.29) is 11.9 Å². The van der Waals surface area contributed by atoms with Gasteiger partial charge < -0.3 is 15.0 Å². The molecule has 0 radical (unpaired) electrons. The van der Waals surface area contributed by atoms with Gasteiger partial charge in [-0.25, -0.2) is 4.98 Å². The first kappa shape index (κ1) is 14.9. The molecule has 0 spiro atoms. The predicted molar refractivity (Wildman–Crippen MR) is 71.0 cm³/mol. The van der Waals surface area contributed by atoms with E-state index in [0.29, 0.717) is 12.4 Å². The van der Waals surface area contributed by atoms with Crippen molar-refractivity contribution in [1.82, 2.24) is 4.98 Å². The Hall–Kier alpha value is -1.50. The number of alkyl halides is 3. The predicted octanol–water partition coefficient (Wildman–Crippen LogP) is 2.76. The molecule has 0 amide bonds. The third kappa shape index (κ3) is 3.53. The van der Waals surface area contributed by atoms with Crippen LogP contribution in [0.2, 0.25) is 0 Å². The second-order valence-corrected chi connectivity index (χ2v) is 4.86. The van der Waals surface area contributed by atoms with Crippen LogP contribution in [0.15, 0.2) is 12.1 Å². The van der Waals surface area contributed by atoms with Crippen molar-refractivity contribution in [2.24, 2.45) is 0 Å². The number of pyridine rings is 1. The molecule has 1 aliphatic heterocycles. The second-order valence-electron chi connectivity index (χ2n) is 4.86. The second kappa shape index (κ2) is 5.87. The largest absolute Gasteiger partial charge is 0.416 e. The summed E-state index contributed by atoms with van der Waals surface area (Å²) in [7, 11) is 3.27. The molecule has 4 nitrogen and oxygen atoms in total. The lowest BCUT2D eigenvalue weighted by Crippen LogP contribution is -2.29. The van der Waals surface area contributed by atoms with Crippen LogP contribution in [0.5, 0.6) is 0 Å². The minimum atomic E-state index is -4.38. The van der Waals surface area contributed by atoms with Gasteiger partial charge >= 0.3 is 6.18 Å². The number of aromatic nitrogens is 1. The number of halogens is 3. The van der Waals surface area contributed by atoms with Crippen molar-refractivity contribution in [3.8, 4) is 0 Å². The summed E-state index contributed by atoms with van der Waals surface area (Å²) in [6.45, 7) is 1.26. The van der Waals surface area contributed by atoms with Crippen LogP contribution in [-0.2, 0) is 10.9 Å². The molecule has 1 fully saturated rings. The number of hydrogen-bond donors (Lipinski definition) is 1. The molecule has 1 aromatic heterocycles. The molecule has 0 aliphatic carbocycles. The average Bonchev–Trinajstić information content (AvgIpc) is 2.90. The molecule has 0 saturated carbocycles. The molecule has 1 saturated heterocycles. The van der Waals surface area contributed by atoms with Crippen molar-refractivity contribution in [3.63, 3.8) is 0 Å². The van der Waals surface area contributed by atoms with Crippen LogP contribution in [0.3, 0.4) is 0 Å². The summed E-state index contributed by atoms with van der Waals surface area (Å²) in [5, 5.41) is 2.66. The zero-order chi connectivity index (χ0) is 14.8. The Balaban J connectivity index is 2.20. The van der Waals surface area contributed by atoms with Crippen molar-refractivity contribution in [2.45, 2.75) is 25.1 Å². The van der Waals surface area contributed by atoms with Gasteiger partial charge in [-0.05, 0) is 25.0 Å². The first-order valence-electron chi connectivity index (χ1n) is 6.50. The van der Waals surface area contributed by atoms with Crippen LogP contribution >= 0.6 is 0 Å². The molecule has 0 aromatic carbocycles. The van der Waals surface area contributed by atoms with Gasteiger partial charge in [-0.3, -0.25) is 0 Å². The molecule has 1 atom stereocenters. The number of ether oxygens (including phenoxy) is 1. The van der Waals surface area contributed by atoms with E-state index in [1.165, 1.54) is 0 Å². The number of nitrogens with one attached hydrogen (secondary N) is 1. The highest BCUT2D eigenvalue weighted by molar-refractivity contribution is 5.50. The molecule has 0 bridgehead atoms. The number of anilines is 2. The zero-order valence-electron chi connectivity index (χ0n) is 11.5. The number of nitrogens with zero attached hydrogens (tertiary/aromatic N) is 2. The van der Waals surface area contributed by atoms with Gasteiger partial charge in [-0.1, -0.05) is 0 Å². The van der Waals surface area contributed by atoms with E-state index in [2.05, 4.69) is 10.3 Å². The van der Waals surface area contributed by atoms with E-state index >= 15 is 0 Å². The highest BCUT2D eigenvalue weighted by Gasteiger charge is 2.32. The standard InChI is InChI=1S/C13H18F3N3O/c1-17-11-6-9(13(14,15)16)7-12(18-11)19(2)8-10-4-3-5-20-10/h6-7,10H,3-5,8H2,1-2H3,(H,17,18). The lowest BCUT2D eigenvalue weighted by molar-refractivity contribution is -0.137. The minimum absolute atomic E-state index is 0.0642. The SMILES string of the molecule is CNc1cc(C(F)(F)F)cc(N(C)CC2CCCO2)n1. The Morgan fingerprint density at radius 2 is 2.20 bits per heavy atom. The molecule has 1 aliphatic rings. The first-order valence-corrected chi connectivity index (χ1v) is 6.50. The summed E-state index contributed by atoms with van der Waals surface area (Å²) in [5.74, 6) is 0.494. The van der Waals surface area contributed by atoms with Crippen molar-refractivity contribution in [2.75, 3.05) is 37.5 Å². The van der Waals surface area contributed by atoms with Crippen molar-refractivity contribution in [3.05, 3.63) is 17.7 Å². The molecule has 1 N–H and O–H groups in total. The topological polar surface area (TPSA) is 37.4 Å². The highest BCUT2D eigenvalue weighted by atomic mass is 19.4. The van der Waals surface area contributed by atoms with Gasteiger partial charge in [0.25, 0.3) is 0 Å². The number of rotatable bonds is 4. The molecule has 20 heavy (non-hydrogen) atoms. The van der Waals surface area contributed by atoms with Gasteiger partial charge in [-0.15, -0.1) is 0 Å². The summed E-state index contributed by atoms with van der Waals surface area (Å²) in [5.41, 5.74) is -0.703. The van der Waals surface area contributed by atoms with Crippen LogP contribution in [0.4, 0.5) is 24.8 Å². The fourth-order valence-corrected chi connectivity index (χ4v) is 2.19. The van der Waals surface area contributed by atoms with Crippen LogP contribution in [0.1, 0.15) is 18.4 Å². The molecule has 7 heteroatoms. The van der Waals surface area contributed by atoms with Gasteiger partial charge in [0.2, 0.25) is 0 Å². The molecule has 2 rings (SSSR count). The third-order valence-corrected chi connectivity index (χ3v) is 3.29. The van der Waals surface area contributed by atoms with Crippen LogP contribution < -0.4 is 10.2 Å². The van der Waals surface area contributed by atoms with Gasteiger partial charge in [0, 0.05) is 27.2 Å². The summed E-state index contributed by atoms with van der Waals surface area (Å²) < 4.78 is 44.1. The quantitative estimate of drug-likeness (QED) is 0.925. The Morgan fingerprint density at radius 1 is 1.45 bits per heavy atom. The van der Waals surface area contributed by atoms with E-state index in [1.807, 2.05) is 0 Å². The zero-order valence-corrected chi connectivity index (χ0v) is 11.5. The van der Waals surface area contributed by atoms with E-state index in [0.717, 1.165) is 31.6 Å². The van der Waals surface area contributed by atoms with Crippen LogP contribution in [0.25, 0.3) is 0 Å². The Bertz CT molecular complexity index is 459. The van der Waals surface area contributed by atoms with Crippen molar-refractivity contribution < 1.29 is 17.9 Å². The average molecular weight is 289 g/mol. The molecule has 1 unspecified atom stereocenters. The van der Waals surface area contributed by atoms with E-state index in [4.69, 9.17) is 4.74 Å². The fourth-order valence-electron chi connectivity index (χ4n) is 2.19. The molecular formula is C13H18F3N3O. The molecule has 1 aromatic rings. The Morgan fingerprint density at radius 3 is 2.75 bits per heavy atom.